The Hall–Kier alpha value is -0.350. The molecule has 168 valence electrons. The Labute approximate surface area is 181 Å². The van der Waals surface area contributed by atoms with Gasteiger partial charge in [-0.1, -0.05) is 0 Å². The minimum atomic E-state index is -5.28. The third-order valence-electron chi connectivity index (χ3n) is 4.67. The molecule has 1 saturated heterocycles. The van der Waals surface area contributed by atoms with Gasteiger partial charge in [0, 0.05) is 39.5 Å². The molecule has 1 rings (SSSR count). The molecule has 8 nitrogen and oxygen atoms in total. The number of rotatable bonds is 6. The van der Waals surface area contributed by atoms with Crippen LogP contribution >= 0.6 is 24.0 Å². The molecule has 0 aromatic rings. The summed E-state index contributed by atoms with van der Waals surface area (Å²) in [6, 6.07) is 0. The summed E-state index contributed by atoms with van der Waals surface area (Å²) in [6.07, 6.45) is 1.72. The SMILES string of the molecule is CN=C(NCC1CCN(S(=O)(=O)C(F)(F)F)CC1)NCC(C)(C)S(C)(=O)=O.I. The number of sulfonamides is 1. The molecule has 0 spiro atoms. The number of nitrogens with zero attached hydrogens (tertiary/aromatic N) is 2. The molecule has 0 aromatic heterocycles. The van der Waals surface area contributed by atoms with Crippen molar-refractivity contribution in [2.45, 2.75) is 36.9 Å². The average molecular weight is 564 g/mol. The predicted molar refractivity (Wildman–Crippen MR) is 113 cm³/mol. The Morgan fingerprint density at radius 2 is 1.61 bits per heavy atom. The fraction of sp³-hybridized carbons (Fsp3) is 0.929. The Balaban J connectivity index is 0.00000729. The van der Waals surface area contributed by atoms with Crippen molar-refractivity contribution >= 4 is 49.8 Å². The highest BCUT2D eigenvalue weighted by Gasteiger charge is 2.50. The molecule has 2 N–H and O–H groups in total. The summed E-state index contributed by atoms with van der Waals surface area (Å²) >= 11 is 0. The van der Waals surface area contributed by atoms with Crippen LogP contribution in [0.1, 0.15) is 26.7 Å². The highest BCUT2D eigenvalue weighted by Crippen LogP contribution is 2.30. The number of sulfone groups is 1. The summed E-state index contributed by atoms with van der Waals surface area (Å²) in [5, 5.41) is 5.91. The predicted octanol–water partition coefficient (Wildman–Crippen LogP) is 1.15. The molecule has 0 unspecified atom stereocenters. The van der Waals surface area contributed by atoms with Crippen LogP contribution in [0.2, 0.25) is 0 Å². The number of piperidine rings is 1. The number of hydrogen-bond donors (Lipinski definition) is 2. The number of nitrogens with one attached hydrogen (secondary N) is 2. The van der Waals surface area contributed by atoms with Crippen LogP contribution in [0, 0.1) is 5.92 Å². The van der Waals surface area contributed by atoms with Crippen molar-refractivity contribution in [3.05, 3.63) is 0 Å². The van der Waals surface area contributed by atoms with Gasteiger partial charge in [-0.2, -0.15) is 17.5 Å². The summed E-state index contributed by atoms with van der Waals surface area (Å²) in [5.74, 6) is 0.350. The van der Waals surface area contributed by atoms with Crippen molar-refractivity contribution in [2.24, 2.45) is 10.9 Å². The molecule has 0 amide bonds. The lowest BCUT2D eigenvalue weighted by molar-refractivity contribution is -0.0496. The van der Waals surface area contributed by atoms with Gasteiger partial charge >= 0.3 is 15.5 Å². The summed E-state index contributed by atoms with van der Waals surface area (Å²) in [7, 11) is -7.04. The smallest absolute Gasteiger partial charge is 0.356 e. The van der Waals surface area contributed by atoms with Gasteiger partial charge in [0.15, 0.2) is 15.8 Å². The number of aliphatic imine (C=N–C) groups is 1. The summed E-state index contributed by atoms with van der Waals surface area (Å²) in [5.41, 5.74) is -5.28. The first-order valence-electron chi connectivity index (χ1n) is 8.32. The molecular weight excluding hydrogens is 536 g/mol. The normalized spacial score (nSPS) is 18.5. The molecule has 0 atom stereocenters. The number of halogens is 4. The third kappa shape index (κ3) is 7.16. The van der Waals surface area contributed by atoms with Crippen LogP contribution in [0.3, 0.4) is 0 Å². The number of alkyl halides is 3. The van der Waals surface area contributed by atoms with Crippen LogP contribution in [0.4, 0.5) is 13.2 Å². The second-order valence-corrected chi connectivity index (χ2v) is 11.7. The van der Waals surface area contributed by atoms with Gasteiger partial charge in [0.2, 0.25) is 0 Å². The van der Waals surface area contributed by atoms with E-state index in [4.69, 9.17) is 0 Å². The van der Waals surface area contributed by atoms with Gasteiger partial charge in [-0.25, -0.2) is 16.8 Å². The van der Waals surface area contributed by atoms with Crippen LogP contribution in [0.15, 0.2) is 4.99 Å². The lowest BCUT2D eigenvalue weighted by Gasteiger charge is -2.32. The van der Waals surface area contributed by atoms with E-state index in [2.05, 4.69) is 15.6 Å². The molecule has 0 saturated carbocycles. The Kier molecular flexibility index (Phi) is 9.98. The van der Waals surface area contributed by atoms with E-state index in [1.807, 2.05) is 0 Å². The number of hydrogen-bond acceptors (Lipinski definition) is 5. The third-order valence-corrected chi connectivity index (χ3v) is 8.45. The van der Waals surface area contributed by atoms with E-state index in [1.165, 1.54) is 7.05 Å². The van der Waals surface area contributed by atoms with Crippen molar-refractivity contribution in [3.63, 3.8) is 0 Å². The molecule has 28 heavy (non-hydrogen) atoms. The first kappa shape index (κ1) is 27.6. The van der Waals surface area contributed by atoms with Crippen molar-refractivity contribution in [2.75, 3.05) is 39.5 Å². The summed E-state index contributed by atoms with van der Waals surface area (Å²) in [6.45, 7) is 3.30. The molecule has 14 heteroatoms. The highest BCUT2D eigenvalue weighted by atomic mass is 127. The van der Waals surface area contributed by atoms with Crippen LogP contribution in [-0.2, 0) is 19.9 Å². The second-order valence-electron chi connectivity index (χ2n) is 7.13. The quantitative estimate of drug-likeness (QED) is 0.285. The largest absolute Gasteiger partial charge is 0.511 e. The molecule has 1 fully saturated rings. The Morgan fingerprint density at radius 1 is 1.11 bits per heavy atom. The van der Waals surface area contributed by atoms with E-state index >= 15 is 0 Å². The first-order valence-corrected chi connectivity index (χ1v) is 11.7. The van der Waals surface area contributed by atoms with Crippen LogP contribution in [-0.4, -0.2) is 76.8 Å². The molecule has 1 aliphatic rings. The maximum absolute atomic E-state index is 12.6. The Bertz CT molecular complexity index is 747. The van der Waals surface area contributed by atoms with Crippen LogP contribution < -0.4 is 10.6 Å². The van der Waals surface area contributed by atoms with Gasteiger partial charge in [-0.15, -0.1) is 24.0 Å². The molecule has 1 aliphatic heterocycles. The zero-order valence-electron chi connectivity index (χ0n) is 16.2. The van der Waals surface area contributed by atoms with Crippen LogP contribution in [0.5, 0.6) is 0 Å². The summed E-state index contributed by atoms with van der Waals surface area (Å²) in [4.78, 5) is 3.99. The molecule has 0 aliphatic carbocycles. The topological polar surface area (TPSA) is 108 Å². The molecule has 0 bridgehead atoms. The second kappa shape index (κ2) is 10.1. The minimum absolute atomic E-state index is 0. The van der Waals surface area contributed by atoms with Crippen molar-refractivity contribution in [3.8, 4) is 0 Å². The fourth-order valence-corrected chi connectivity index (χ4v) is 3.71. The van der Waals surface area contributed by atoms with E-state index in [9.17, 15) is 30.0 Å². The van der Waals surface area contributed by atoms with Gasteiger partial charge < -0.3 is 10.6 Å². The van der Waals surface area contributed by atoms with E-state index in [-0.39, 0.29) is 62.4 Å². The maximum atomic E-state index is 12.6. The van der Waals surface area contributed by atoms with Gasteiger partial charge in [0.05, 0.1) is 4.75 Å². The summed E-state index contributed by atoms with van der Waals surface area (Å²) < 4.78 is 83.4. The molecule has 0 aromatic carbocycles. The lowest BCUT2D eigenvalue weighted by Crippen LogP contribution is -2.49. The van der Waals surface area contributed by atoms with Gasteiger partial charge in [0.25, 0.3) is 0 Å². The molecule has 1 heterocycles. The standard InChI is InChI=1S/C14H27F3N4O4S2.HI/c1-13(2,26(4,22)23)10-20-12(18-3)19-9-11-5-7-21(8-6-11)27(24,25)14(15,16)17;/h11H,5-10H2,1-4H3,(H2,18,19,20);1H. The lowest BCUT2D eigenvalue weighted by atomic mass is 9.98. The Morgan fingerprint density at radius 3 is 2.00 bits per heavy atom. The van der Waals surface area contributed by atoms with E-state index < -0.39 is 30.1 Å². The fourth-order valence-electron chi connectivity index (χ4n) is 2.39. The zero-order chi connectivity index (χ0) is 21.1. The maximum Gasteiger partial charge on any atom is 0.511 e. The van der Waals surface area contributed by atoms with Crippen LogP contribution in [0.25, 0.3) is 0 Å². The van der Waals surface area contributed by atoms with Crippen molar-refractivity contribution < 1.29 is 30.0 Å². The molecular formula is C14H28F3IN4O4S2. The van der Waals surface area contributed by atoms with Crippen molar-refractivity contribution in [1.82, 2.24) is 14.9 Å². The van der Waals surface area contributed by atoms with Gasteiger partial charge in [-0.05, 0) is 32.6 Å². The zero-order valence-corrected chi connectivity index (χ0v) is 20.2. The van der Waals surface area contributed by atoms with Crippen molar-refractivity contribution in [1.29, 1.82) is 0 Å². The van der Waals surface area contributed by atoms with E-state index in [1.54, 1.807) is 13.8 Å². The molecule has 0 radical (unpaired) electrons. The van der Waals surface area contributed by atoms with Gasteiger partial charge in [0.1, 0.15) is 0 Å². The minimum Gasteiger partial charge on any atom is -0.356 e. The highest BCUT2D eigenvalue weighted by molar-refractivity contribution is 14.0. The number of guanidine groups is 1. The monoisotopic (exact) mass is 564 g/mol. The van der Waals surface area contributed by atoms with E-state index in [0.29, 0.717) is 16.8 Å². The average Bonchev–Trinajstić information content (AvgIpc) is 2.53. The van der Waals surface area contributed by atoms with Gasteiger partial charge in [-0.3, -0.25) is 4.99 Å². The van der Waals surface area contributed by atoms with E-state index in [0.717, 1.165) is 6.26 Å². The first-order chi connectivity index (χ1) is 12.1.